The maximum atomic E-state index is 12.6. The maximum absolute atomic E-state index is 12.6. The van der Waals surface area contributed by atoms with Crippen LogP contribution in [-0.4, -0.2) is 57.2 Å². The zero-order valence-corrected chi connectivity index (χ0v) is 18.3. The van der Waals surface area contributed by atoms with E-state index in [2.05, 4.69) is 53.6 Å². The van der Waals surface area contributed by atoms with Gasteiger partial charge in [-0.15, -0.1) is 5.10 Å². The predicted octanol–water partition coefficient (Wildman–Crippen LogP) is 1.64. The molecule has 1 atom stereocenters. The Morgan fingerprint density at radius 3 is 2.58 bits per heavy atom. The fraction of sp³-hybridized carbons (Fsp3) is 0.478. The zero-order chi connectivity index (χ0) is 21.6. The molecule has 0 unspecified atom stereocenters. The minimum absolute atomic E-state index is 0.0304. The van der Waals surface area contributed by atoms with Gasteiger partial charge in [-0.2, -0.15) is 0 Å². The van der Waals surface area contributed by atoms with E-state index in [4.69, 9.17) is 4.42 Å². The van der Waals surface area contributed by atoms with Gasteiger partial charge in [0.2, 0.25) is 5.82 Å². The summed E-state index contributed by atoms with van der Waals surface area (Å²) in [5, 5.41) is 12.7. The number of furan rings is 1. The Bertz CT molecular complexity index is 946. The minimum atomic E-state index is -0.0304. The van der Waals surface area contributed by atoms with Crippen molar-refractivity contribution >= 4 is 5.91 Å². The van der Waals surface area contributed by atoms with Crippen LogP contribution in [0.25, 0.3) is 0 Å². The molecule has 0 aliphatic carbocycles. The molecule has 3 heterocycles. The van der Waals surface area contributed by atoms with E-state index >= 15 is 0 Å². The van der Waals surface area contributed by atoms with Gasteiger partial charge in [-0.25, -0.2) is 4.68 Å². The van der Waals surface area contributed by atoms with Crippen molar-refractivity contribution in [1.82, 2.24) is 25.1 Å². The number of nitrogens with one attached hydrogen (secondary N) is 1. The quantitative estimate of drug-likeness (QED) is 0.596. The van der Waals surface area contributed by atoms with Crippen molar-refractivity contribution in [3.8, 4) is 0 Å². The van der Waals surface area contributed by atoms with Crippen LogP contribution < -0.4 is 4.90 Å². The molecule has 31 heavy (non-hydrogen) atoms. The van der Waals surface area contributed by atoms with Crippen molar-refractivity contribution in [3.05, 3.63) is 65.9 Å². The Kier molecular flexibility index (Phi) is 6.76. The third kappa shape index (κ3) is 5.19. The lowest BCUT2D eigenvalue weighted by Gasteiger charge is -2.36. The molecule has 1 N–H and O–H groups in total. The molecule has 0 radical (unpaired) electrons. The second-order valence-corrected chi connectivity index (χ2v) is 8.61. The molecular weight excluding hydrogens is 392 g/mol. The Morgan fingerprint density at radius 1 is 1.13 bits per heavy atom. The average molecular weight is 424 g/mol. The number of hydrogen-bond acceptors (Lipinski definition) is 5. The minimum Gasteiger partial charge on any atom is -0.459 e. The number of piperazine rings is 1. The molecule has 1 aliphatic rings. The second kappa shape index (κ2) is 9.87. The lowest BCUT2D eigenvalue weighted by Crippen LogP contribution is -3.15. The van der Waals surface area contributed by atoms with Crippen molar-refractivity contribution < 1.29 is 14.1 Å². The summed E-state index contributed by atoms with van der Waals surface area (Å²) < 4.78 is 7.25. The Labute approximate surface area is 182 Å². The zero-order valence-electron chi connectivity index (χ0n) is 18.3. The number of aromatic nitrogens is 4. The van der Waals surface area contributed by atoms with E-state index in [-0.39, 0.29) is 11.9 Å². The van der Waals surface area contributed by atoms with Gasteiger partial charge in [0.15, 0.2) is 5.76 Å². The standard InChI is InChI=1S/C23H30N6O2/c1-18(2)17-20(22-24-25-26-29(22)11-10-19-7-4-3-5-8-19)27-12-14-28(15-13-27)23(30)21-9-6-16-31-21/h3-9,16,18,20H,10-15,17H2,1-2H3/p+1/t20-/m0/s1. The smallest absolute Gasteiger partial charge is 0.289 e. The predicted molar refractivity (Wildman–Crippen MR) is 115 cm³/mol. The number of aryl methyl sites for hydroxylation is 2. The first kappa shape index (κ1) is 21.2. The first-order chi connectivity index (χ1) is 15.1. The Morgan fingerprint density at radius 2 is 1.90 bits per heavy atom. The van der Waals surface area contributed by atoms with Crippen LogP contribution in [-0.2, 0) is 13.0 Å². The van der Waals surface area contributed by atoms with Gasteiger partial charge in [-0.05, 0) is 40.5 Å². The van der Waals surface area contributed by atoms with E-state index in [9.17, 15) is 4.79 Å². The normalized spacial score (nSPS) is 16.0. The van der Waals surface area contributed by atoms with Crippen LogP contribution in [0, 0.1) is 5.92 Å². The lowest BCUT2D eigenvalue weighted by atomic mass is 10.0. The van der Waals surface area contributed by atoms with Crippen LogP contribution >= 0.6 is 0 Å². The molecule has 1 saturated heterocycles. The van der Waals surface area contributed by atoms with Gasteiger partial charge in [-0.3, -0.25) is 4.79 Å². The van der Waals surface area contributed by atoms with Gasteiger partial charge in [0.05, 0.1) is 32.4 Å². The lowest BCUT2D eigenvalue weighted by molar-refractivity contribution is -0.937. The molecule has 0 saturated carbocycles. The number of nitrogens with zero attached hydrogens (tertiary/aromatic N) is 5. The molecule has 4 rings (SSSR count). The Hall–Kier alpha value is -3.00. The SMILES string of the molecule is CC(C)C[C@@H](c1nnnn1CCc1ccccc1)[NH+]1CCN(C(=O)c2ccco2)CC1. The molecule has 1 aliphatic heterocycles. The largest absolute Gasteiger partial charge is 0.459 e. The monoisotopic (exact) mass is 423 g/mol. The number of tetrazole rings is 1. The Balaban J connectivity index is 1.44. The highest BCUT2D eigenvalue weighted by atomic mass is 16.3. The summed E-state index contributed by atoms with van der Waals surface area (Å²) in [7, 11) is 0. The summed E-state index contributed by atoms with van der Waals surface area (Å²) in [4.78, 5) is 15.9. The number of carbonyl (C=O) groups excluding carboxylic acids is 1. The van der Waals surface area contributed by atoms with E-state index in [0.717, 1.165) is 38.3 Å². The van der Waals surface area contributed by atoms with Crippen LogP contribution in [0.1, 0.15) is 48.3 Å². The molecular formula is C23H31N6O2+. The van der Waals surface area contributed by atoms with Crippen LogP contribution in [0.3, 0.4) is 0 Å². The van der Waals surface area contributed by atoms with Crippen molar-refractivity contribution in [2.45, 2.75) is 39.3 Å². The van der Waals surface area contributed by atoms with Gasteiger partial charge in [0.25, 0.3) is 5.91 Å². The first-order valence-electron chi connectivity index (χ1n) is 11.1. The topological polar surface area (TPSA) is 81.5 Å². The molecule has 0 bridgehead atoms. The highest BCUT2D eigenvalue weighted by Crippen LogP contribution is 2.17. The highest BCUT2D eigenvalue weighted by molar-refractivity contribution is 5.91. The number of rotatable bonds is 8. The van der Waals surface area contributed by atoms with E-state index in [1.54, 1.807) is 18.4 Å². The van der Waals surface area contributed by atoms with Gasteiger partial charge >= 0.3 is 0 Å². The average Bonchev–Trinajstić information content (AvgIpc) is 3.49. The number of hydrogen-bond donors (Lipinski definition) is 1. The summed E-state index contributed by atoms with van der Waals surface area (Å²) in [6, 6.07) is 14.1. The molecule has 8 nitrogen and oxygen atoms in total. The summed E-state index contributed by atoms with van der Waals surface area (Å²) in [5.41, 5.74) is 1.28. The molecule has 3 aromatic rings. The van der Waals surface area contributed by atoms with Crippen molar-refractivity contribution in [2.75, 3.05) is 26.2 Å². The summed E-state index contributed by atoms with van der Waals surface area (Å²) in [5.74, 6) is 1.86. The van der Waals surface area contributed by atoms with Gasteiger partial charge in [0.1, 0.15) is 6.04 Å². The van der Waals surface area contributed by atoms with Gasteiger partial charge < -0.3 is 14.2 Å². The third-order valence-electron chi connectivity index (χ3n) is 5.95. The second-order valence-electron chi connectivity index (χ2n) is 8.61. The molecule has 1 amide bonds. The third-order valence-corrected chi connectivity index (χ3v) is 5.95. The fourth-order valence-corrected chi connectivity index (χ4v) is 4.33. The number of amides is 1. The summed E-state index contributed by atoms with van der Waals surface area (Å²) in [6.45, 7) is 8.38. The van der Waals surface area contributed by atoms with Gasteiger partial charge in [0, 0.05) is 13.0 Å². The van der Waals surface area contributed by atoms with E-state index < -0.39 is 0 Å². The fourth-order valence-electron chi connectivity index (χ4n) is 4.33. The molecule has 1 fully saturated rings. The van der Waals surface area contributed by atoms with Crippen LogP contribution in [0.5, 0.6) is 0 Å². The molecule has 164 valence electrons. The summed E-state index contributed by atoms with van der Waals surface area (Å²) >= 11 is 0. The highest BCUT2D eigenvalue weighted by Gasteiger charge is 2.34. The van der Waals surface area contributed by atoms with Crippen LogP contribution in [0.2, 0.25) is 0 Å². The van der Waals surface area contributed by atoms with Crippen LogP contribution in [0.4, 0.5) is 0 Å². The molecule has 2 aromatic heterocycles. The van der Waals surface area contributed by atoms with Crippen molar-refractivity contribution in [1.29, 1.82) is 0 Å². The number of carbonyl (C=O) groups is 1. The molecule has 8 heteroatoms. The van der Waals surface area contributed by atoms with Gasteiger partial charge in [-0.1, -0.05) is 44.2 Å². The number of benzene rings is 1. The maximum Gasteiger partial charge on any atom is 0.289 e. The molecule has 1 aromatic carbocycles. The molecule has 0 spiro atoms. The van der Waals surface area contributed by atoms with Crippen LogP contribution in [0.15, 0.2) is 53.1 Å². The first-order valence-corrected chi connectivity index (χ1v) is 11.1. The van der Waals surface area contributed by atoms with E-state index in [1.165, 1.54) is 10.5 Å². The van der Waals surface area contributed by atoms with Crippen molar-refractivity contribution in [3.63, 3.8) is 0 Å². The van der Waals surface area contributed by atoms with E-state index in [0.29, 0.717) is 24.8 Å². The number of quaternary nitrogens is 1. The summed E-state index contributed by atoms with van der Waals surface area (Å²) in [6.07, 6.45) is 3.45. The van der Waals surface area contributed by atoms with E-state index in [1.807, 2.05) is 15.6 Å². The van der Waals surface area contributed by atoms with Crippen molar-refractivity contribution in [2.24, 2.45) is 5.92 Å².